The molecule has 0 spiro atoms. The van der Waals surface area contributed by atoms with Gasteiger partial charge < -0.3 is 14.2 Å². The topological polar surface area (TPSA) is 87.6 Å². The lowest BCUT2D eigenvalue weighted by molar-refractivity contribution is -0.138. The van der Waals surface area contributed by atoms with Gasteiger partial charge in [-0.2, -0.15) is 0 Å². The third-order valence-corrected chi connectivity index (χ3v) is 6.04. The van der Waals surface area contributed by atoms with Crippen LogP contribution in [0.3, 0.4) is 0 Å². The number of hydrogen-bond acceptors (Lipinski definition) is 7. The molecule has 0 aliphatic rings. The number of nitrogens with zero attached hydrogens (tertiary/aromatic N) is 2. The van der Waals surface area contributed by atoms with Crippen molar-refractivity contribution in [2.24, 2.45) is 5.92 Å². The van der Waals surface area contributed by atoms with E-state index in [0.29, 0.717) is 41.7 Å². The van der Waals surface area contributed by atoms with Crippen molar-refractivity contribution in [2.45, 2.75) is 65.7 Å². The summed E-state index contributed by atoms with van der Waals surface area (Å²) in [6, 6.07) is 13.3. The first-order valence-corrected chi connectivity index (χ1v) is 13.1. The van der Waals surface area contributed by atoms with Gasteiger partial charge in [0.25, 0.3) is 0 Å². The van der Waals surface area contributed by atoms with E-state index in [-0.39, 0.29) is 11.9 Å². The van der Waals surface area contributed by atoms with E-state index < -0.39 is 5.97 Å². The summed E-state index contributed by atoms with van der Waals surface area (Å²) in [5.74, 6) is 1.04. The molecule has 1 heterocycles. The molecule has 0 unspecified atom stereocenters. The Hall–Kier alpha value is -3.74. The van der Waals surface area contributed by atoms with Gasteiger partial charge in [0.2, 0.25) is 0 Å². The molecule has 0 N–H and O–H groups in total. The maximum Gasteiger partial charge on any atom is 0.343 e. The molecular formula is C30H36N2O5. The monoisotopic (exact) mass is 504 g/mol. The lowest BCUT2D eigenvalue weighted by Crippen LogP contribution is -2.17. The Kier molecular flexibility index (Phi) is 11.1. The van der Waals surface area contributed by atoms with Crippen LogP contribution in [0.15, 0.2) is 60.9 Å². The highest BCUT2D eigenvalue weighted by atomic mass is 16.5. The van der Waals surface area contributed by atoms with Crippen molar-refractivity contribution in [3.63, 3.8) is 0 Å². The molecule has 1 aromatic heterocycles. The summed E-state index contributed by atoms with van der Waals surface area (Å²) in [6.07, 6.45) is 11.4. The third-order valence-electron chi connectivity index (χ3n) is 6.04. The molecule has 7 nitrogen and oxygen atoms in total. The second-order valence-electron chi connectivity index (χ2n) is 9.03. The van der Waals surface area contributed by atoms with E-state index in [2.05, 4.69) is 16.9 Å². The fraction of sp³-hybridized carbons (Fsp3) is 0.400. The smallest absolute Gasteiger partial charge is 0.343 e. The molecule has 0 radical (unpaired) electrons. The highest BCUT2D eigenvalue weighted by Gasteiger charge is 2.14. The van der Waals surface area contributed by atoms with E-state index in [1.807, 2.05) is 13.8 Å². The molecule has 3 rings (SSSR count). The minimum atomic E-state index is -0.504. The van der Waals surface area contributed by atoms with Crippen molar-refractivity contribution in [2.75, 3.05) is 6.61 Å². The van der Waals surface area contributed by atoms with Crippen LogP contribution < -0.4 is 14.2 Å². The lowest BCUT2D eigenvalue weighted by Gasteiger charge is -2.09. The summed E-state index contributed by atoms with van der Waals surface area (Å²) in [4.78, 5) is 33.2. The van der Waals surface area contributed by atoms with Gasteiger partial charge in [0.1, 0.15) is 11.5 Å². The Morgan fingerprint density at radius 2 is 1.35 bits per heavy atom. The first-order valence-electron chi connectivity index (χ1n) is 13.1. The average molecular weight is 505 g/mol. The molecule has 196 valence electrons. The first-order chi connectivity index (χ1) is 18.0. The zero-order valence-electron chi connectivity index (χ0n) is 21.9. The van der Waals surface area contributed by atoms with Crippen LogP contribution in [0.2, 0.25) is 0 Å². The summed E-state index contributed by atoms with van der Waals surface area (Å²) in [6.45, 7) is 6.62. The van der Waals surface area contributed by atoms with Crippen LogP contribution in [-0.4, -0.2) is 28.5 Å². The van der Waals surface area contributed by atoms with E-state index in [9.17, 15) is 9.59 Å². The summed E-state index contributed by atoms with van der Waals surface area (Å²) >= 11 is 0. The quantitative estimate of drug-likeness (QED) is 0.132. The Morgan fingerprint density at radius 1 is 0.757 bits per heavy atom. The first kappa shape index (κ1) is 27.8. The maximum absolute atomic E-state index is 12.5. The normalized spacial score (nSPS) is 11.5. The second-order valence-corrected chi connectivity index (χ2v) is 9.03. The second kappa shape index (κ2) is 14.7. The number of rotatable bonds is 14. The third kappa shape index (κ3) is 9.01. The van der Waals surface area contributed by atoms with Crippen LogP contribution in [0.25, 0.3) is 11.4 Å². The largest absolute Gasteiger partial charge is 0.490 e. The summed E-state index contributed by atoms with van der Waals surface area (Å²) in [5, 5.41) is 0. The fourth-order valence-electron chi connectivity index (χ4n) is 3.49. The maximum atomic E-state index is 12.5. The molecule has 1 atom stereocenters. The van der Waals surface area contributed by atoms with Crippen LogP contribution >= 0.6 is 0 Å². The van der Waals surface area contributed by atoms with E-state index in [1.54, 1.807) is 60.9 Å². The van der Waals surface area contributed by atoms with Crippen LogP contribution in [0.1, 0.15) is 76.1 Å². The Morgan fingerprint density at radius 3 is 2.00 bits per heavy atom. The molecular weight excluding hydrogens is 468 g/mol. The van der Waals surface area contributed by atoms with Gasteiger partial charge >= 0.3 is 11.9 Å². The molecule has 0 saturated carbocycles. The summed E-state index contributed by atoms with van der Waals surface area (Å²) in [5.41, 5.74) is 1.15. The molecule has 0 amide bonds. The molecule has 3 aromatic rings. The SMILES string of the molecule is CCCCCCCCOc1cnc(-c2ccc(OC(=O)c3ccc(OC(=O)[C@@H](C)CC)cc3)cc2)nc1. The number of aromatic nitrogens is 2. The molecule has 0 saturated heterocycles. The Bertz CT molecular complexity index is 1110. The van der Waals surface area contributed by atoms with Gasteiger partial charge in [-0.1, -0.05) is 52.9 Å². The molecule has 0 aliphatic heterocycles. The zero-order valence-corrected chi connectivity index (χ0v) is 21.9. The molecule has 0 aliphatic carbocycles. The zero-order chi connectivity index (χ0) is 26.5. The van der Waals surface area contributed by atoms with E-state index in [1.165, 1.54) is 32.1 Å². The van der Waals surface area contributed by atoms with Crippen molar-refractivity contribution in [1.82, 2.24) is 9.97 Å². The van der Waals surface area contributed by atoms with Crippen LogP contribution in [0.5, 0.6) is 17.2 Å². The number of ether oxygens (including phenoxy) is 3. The predicted molar refractivity (Wildman–Crippen MR) is 143 cm³/mol. The van der Waals surface area contributed by atoms with Crippen molar-refractivity contribution in [3.05, 3.63) is 66.5 Å². The standard InChI is InChI=1S/C30H36N2O5/c1-4-6-7-8-9-10-19-35-27-20-31-28(32-21-27)23-11-15-26(16-12-23)37-30(34)24-13-17-25(18-14-24)36-29(33)22(3)5-2/h11-18,20-22H,4-10,19H2,1-3H3/t22-/m0/s1. The number of carbonyl (C=O) groups is 2. The lowest BCUT2D eigenvalue weighted by atomic mass is 10.1. The van der Waals surface area contributed by atoms with Gasteiger partial charge in [-0.15, -0.1) is 0 Å². The molecule has 0 fully saturated rings. The van der Waals surface area contributed by atoms with Crippen molar-refractivity contribution >= 4 is 11.9 Å². The number of esters is 2. The molecule has 37 heavy (non-hydrogen) atoms. The van der Waals surface area contributed by atoms with Crippen molar-refractivity contribution < 1.29 is 23.8 Å². The highest BCUT2D eigenvalue weighted by molar-refractivity contribution is 5.91. The summed E-state index contributed by atoms with van der Waals surface area (Å²) in [7, 11) is 0. The van der Waals surface area contributed by atoms with Crippen LogP contribution in [0.4, 0.5) is 0 Å². The number of unbranched alkanes of at least 4 members (excludes halogenated alkanes) is 5. The highest BCUT2D eigenvalue weighted by Crippen LogP contribution is 2.22. The summed E-state index contributed by atoms with van der Waals surface area (Å²) < 4.78 is 16.5. The van der Waals surface area contributed by atoms with Crippen LogP contribution in [0, 0.1) is 5.92 Å². The van der Waals surface area contributed by atoms with Gasteiger partial charge in [-0.3, -0.25) is 4.79 Å². The number of benzene rings is 2. The van der Waals surface area contributed by atoms with E-state index in [0.717, 1.165) is 12.0 Å². The predicted octanol–water partition coefficient (Wildman–Crippen LogP) is 7.05. The van der Waals surface area contributed by atoms with E-state index in [4.69, 9.17) is 14.2 Å². The fourth-order valence-corrected chi connectivity index (χ4v) is 3.49. The number of carbonyl (C=O) groups excluding carboxylic acids is 2. The van der Waals surface area contributed by atoms with Crippen molar-refractivity contribution in [1.29, 1.82) is 0 Å². The van der Waals surface area contributed by atoms with Gasteiger partial charge in [0.15, 0.2) is 11.6 Å². The van der Waals surface area contributed by atoms with E-state index >= 15 is 0 Å². The van der Waals surface area contributed by atoms with Crippen molar-refractivity contribution in [3.8, 4) is 28.6 Å². The van der Waals surface area contributed by atoms with Gasteiger partial charge in [-0.25, -0.2) is 14.8 Å². The average Bonchev–Trinajstić information content (AvgIpc) is 2.93. The number of hydrogen-bond donors (Lipinski definition) is 0. The Labute approximate surface area is 219 Å². The minimum Gasteiger partial charge on any atom is -0.490 e. The van der Waals surface area contributed by atoms with Gasteiger partial charge in [-0.05, 0) is 61.4 Å². The van der Waals surface area contributed by atoms with Gasteiger partial charge in [0, 0.05) is 5.56 Å². The molecule has 7 heteroatoms. The molecule has 0 bridgehead atoms. The molecule has 2 aromatic carbocycles. The Balaban J connectivity index is 1.47. The minimum absolute atomic E-state index is 0.181. The van der Waals surface area contributed by atoms with Gasteiger partial charge in [0.05, 0.1) is 30.5 Å². The van der Waals surface area contributed by atoms with Crippen LogP contribution in [-0.2, 0) is 4.79 Å².